The van der Waals surface area contributed by atoms with E-state index in [9.17, 15) is 4.79 Å². The minimum absolute atomic E-state index is 0.0137. The third-order valence-electron chi connectivity index (χ3n) is 4.49. The Morgan fingerprint density at radius 3 is 2.95 bits per heavy atom. The number of nitrogens with one attached hydrogen (secondary N) is 1. The molecule has 0 aromatic rings. The number of methoxy groups -OCH3 is 1. The van der Waals surface area contributed by atoms with Crippen LogP contribution in [0, 0.1) is 0 Å². The smallest absolute Gasteiger partial charge is 0.337 e. The summed E-state index contributed by atoms with van der Waals surface area (Å²) >= 11 is 5.56. The summed E-state index contributed by atoms with van der Waals surface area (Å²) in [6, 6.07) is 0.295. The van der Waals surface area contributed by atoms with Crippen LogP contribution < -0.4 is 5.32 Å². The molecule has 4 nitrogen and oxygen atoms in total. The number of hydrogen-bond acceptors (Lipinski definition) is 3. The minimum Gasteiger partial charge on any atom is -0.466 e. The molecule has 0 bridgehead atoms. The van der Waals surface area contributed by atoms with Gasteiger partial charge in [-0.05, 0) is 37.9 Å². The van der Waals surface area contributed by atoms with Gasteiger partial charge >= 0.3 is 5.97 Å². The van der Waals surface area contributed by atoms with Gasteiger partial charge in [0.1, 0.15) is 0 Å². The Labute approximate surface area is 138 Å². The molecule has 1 fully saturated rings. The molecule has 0 aromatic carbocycles. The highest BCUT2D eigenvalue weighted by Crippen LogP contribution is 2.36. The molecule has 1 N–H and O–H groups in total. The van der Waals surface area contributed by atoms with E-state index in [1.54, 1.807) is 0 Å². The summed E-state index contributed by atoms with van der Waals surface area (Å²) < 4.78 is 5.04. The van der Waals surface area contributed by atoms with E-state index in [2.05, 4.69) is 23.7 Å². The standard InChI is InChI=1S/C17H26N2O2S/c1-4-6-7-9-13-15(16(20)21-3)14-11-10-12(8-5-2)19(14)17(22)18-13/h5,12-13H,2,4,6-11H2,1,3H3,(H,18,22)/t12-,13-/m0/s1. The highest BCUT2D eigenvalue weighted by molar-refractivity contribution is 7.80. The first-order valence-corrected chi connectivity index (χ1v) is 8.56. The number of ether oxygens (including phenoxy) is 1. The summed E-state index contributed by atoms with van der Waals surface area (Å²) in [6.07, 6.45) is 9.01. The fourth-order valence-electron chi connectivity index (χ4n) is 3.42. The van der Waals surface area contributed by atoms with Gasteiger partial charge in [0.2, 0.25) is 0 Å². The zero-order valence-corrected chi connectivity index (χ0v) is 14.4. The van der Waals surface area contributed by atoms with Gasteiger partial charge < -0.3 is 15.0 Å². The lowest BCUT2D eigenvalue weighted by atomic mass is 9.96. The van der Waals surface area contributed by atoms with Gasteiger partial charge in [0.15, 0.2) is 5.11 Å². The molecule has 1 saturated heterocycles. The highest BCUT2D eigenvalue weighted by Gasteiger charge is 2.40. The van der Waals surface area contributed by atoms with Crippen LogP contribution >= 0.6 is 12.2 Å². The van der Waals surface area contributed by atoms with Crippen molar-refractivity contribution < 1.29 is 9.53 Å². The van der Waals surface area contributed by atoms with Gasteiger partial charge in [-0.15, -0.1) is 6.58 Å². The molecule has 0 unspecified atom stereocenters. The number of hydrogen-bond donors (Lipinski definition) is 1. The summed E-state index contributed by atoms with van der Waals surface area (Å²) in [5, 5.41) is 4.11. The van der Waals surface area contributed by atoms with E-state index >= 15 is 0 Å². The van der Waals surface area contributed by atoms with Crippen molar-refractivity contribution in [2.24, 2.45) is 0 Å². The zero-order chi connectivity index (χ0) is 16.1. The molecule has 2 rings (SSSR count). The molecule has 122 valence electrons. The average Bonchev–Trinajstić information content (AvgIpc) is 2.92. The molecule has 2 atom stereocenters. The number of thiocarbonyl (C=S) groups is 1. The van der Waals surface area contributed by atoms with Crippen molar-refractivity contribution in [3.63, 3.8) is 0 Å². The zero-order valence-electron chi connectivity index (χ0n) is 13.6. The first-order valence-electron chi connectivity index (χ1n) is 8.16. The van der Waals surface area contributed by atoms with Crippen LogP contribution in [0.4, 0.5) is 0 Å². The average molecular weight is 322 g/mol. The number of carbonyl (C=O) groups excluding carboxylic acids is 1. The third-order valence-corrected chi connectivity index (χ3v) is 4.80. The van der Waals surface area contributed by atoms with Gasteiger partial charge in [0, 0.05) is 11.7 Å². The summed E-state index contributed by atoms with van der Waals surface area (Å²) in [5.74, 6) is -0.226. The Kier molecular flexibility index (Phi) is 6.00. The van der Waals surface area contributed by atoms with Crippen molar-refractivity contribution in [3.05, 3.63) is 23.9 Å². The van der Waals surface area contributed by atoms with Crippen molar-refractivity contribution in [2.75, 3.05) is 7.11 Å². The molecule has 22 heavy (non-hydrogen) atoms. The Morgan fingerprint density at radius 1 is 1.55 bits per heavy atom. The van der Waals surface area contributed by atoms with Crippen LogP contribution in [0.15, 0.2) is 23.9 Å². The lowest BCUT2D eigenvalue weighted by Crippen LogP contribution is -2.52. The molecule has 0 saturated carbocycles. The molecule has 0 amide bonds. The number of carbonyl (C=O) groups is 1. The number of esters is 1. The maximum absolute atomic E-state index is 12.3. The van der Waals surface area contributed by atoms with E-state index in [0.717, 1.165) is 61.3 Å². The maximum Gasteiger partial charge on any atom is 0.337 e. The molecule has 5 heteroatoms. The molecule has 0 aromatic heterocycles. The van der Waals surface area contributed by atoms with E-state index in [0.29, 0.717) is 6.04 Å². The van der Waals surface area contributed by atoms with Crippen LogP contribution in [0.5, 0.6) is 0 Å². The summed E-state index contributed by atoms with van der Waals surface area (Å²) in [5.41, 5.74) is 1.84. The molecule has 2 aliphatic heterocycles. The van der Waals surface area contributed by atoms with Crippen LogP contribution in [-0.4, -0.2) is 35.2 Å². The van der Waals surface area contributed by atoms with Gasteiger partial charge in [0.05, 0.1) is 18.7 Å². The van der Waals surface area contributed by atoms with Gasteiger partial charge in [-0.2, -0.15) is 0 Å². The quantitative estimate of drug-likeness (QED) is 0.337. The van der Waals surface area contributed by atoms with Crippen molar-refractivity contribution in [3.8, 4) is 0 Å². The fourth-order valence-corrected chi connectivity index (χ4v) is 3.82. The second-order valence-electron chi connectivity index (χ2n) is 5.94. The minimum atomic E-state index is -0.226. The lowest BCUT2D eigenvalue weighted by Gasteiger charge is -2.37. The van der Waals surface area contributed by atoms with Gasteiger partial charge in [-0.1, -0.05) is 32.3 Å². The third kappa shape index (κ3) is 3.35. The lowest BCUT2D eigenvalue weighted by molar-refractivity contribution is -0.136. The van der Waals surface area contributed by atoms with E-state index in [1.165, 1.54) is 7.11 Å². The monoisotopic (exact) mass is 322 g/mol. The second kappa shape index (κ2) is 7.77. The molecular weight excluding hydrogens is 296 g/mol. The van der Waals surface area contributed by atoms with Crippen LogP contribution in [0.2, 0.25) is 0 Å². The van der Waals surface area contributed by atoms with Crippen LogP contribution in [0.3, 0.4) is 0 Å². The molecule has 0 radical (unpaired) electrons. The topological polar surface area (TPSA) is 41.6 Å². The predicted molar refractivity (Wildman–Crippen MR) is 92.4 cm³/mol. The number of rotatable bonds is 7. The van der Waals surface area contributed by atoms with E-state index in [4.69, 9.17) is 17.0 Å². The molecule has 2 aliphatic rings. The number of allylic oxidation sites excluding steroid dienone is 1. The SMILES string of the molecule is C=CC[C@H]1CCC2=C(C(=O)OC)[C@H](CCCCC)NC(=S)N21. The van der Waals surface area contributed by atoms with E-state index in [1.807, 2.05) is 6.08 Å². The number of unbranched alkanes of at least 4 members (excludes halogenated alkanes) is 2. The molecule has 0 spiro atoms. The van der Waals surface area contributed by atoms with Crippen molar-refractivity contribution in [2.45, 2.75) is 64.0 Å². The van der Waals surface area contributed by atoms with Gasteiger partial charge in [0.25, 0.3) is 0 Å². The molecule has 0 aliphatic carbocycles. The summed E-state index contributed by atoms with van der Waals surface area (Å²) in [7, 11) is 1.45. The highest BCUT2D eigenvalue weighted by atomic mass is 32.1. The molecule has 2 heterocycles. The Morgan fingerprint density at radius 2 is 2.32 bits per heavy atom. The largest absolute Gasteiger partial charge is 0.466 e. The number of nitrogens with zero attached hydrogens (tertiary/aromatic N) is 1. The Bertz CT molecular complexity index is 487. The van der Waals surface area contributed by atoms with Gasteiger partial charge in [-0.25, -0.2) is 4.79 Å². The summed E-state index contributed by atoms with van der Waals surface area (Å²) in [4.78, 5) is 14.4. The Hall–Kier alpha value is -1.36. The first-order chi connectivity index (χ1) is 10.6. The van der Waals surface area contributed by atoms with Crippen molar-refractivity contribution in [1.82, 2.24) is 10.2 Å². The summed E-state index contributed by atoms with van der Waals surface area (Å²) in [6.45, 7) is 6.00. The van der Waals surface area contributed by atoms with Crippen LogP contribution in [0.1, 0.15) is 51.9 Å². The number of fused-ring (bicyclic) bond motifs is 1. The predicted octanol–water partition coefficient (Wildman–Crippen LogP) is 3.29. The normalized spacial score (nSPS) is 24.1. The van der Waals surface area contributed by atoms with Crippen LogP contribution in [0.25, 0.3) is 0 Å². The fraction of sp³-hybridized carbons (Fsp3) is 0.647. The first kappa shape index (κ1) is 17.0. The van der Waals surface area contributed by atoms with Crippen LogP contribution in [-0.2, 0) is 9.53 Å². The van der Waals surface area contributed by atoms with Crippen molar-refractivity contribution >= 4 is 23.3 Å². The van der Waals surface area contributed by atoms with E-state index in [-0.39, 0.29) is 12.0 Å². The Balaban J connectivity index is 2.29. The molecular formula is C17H26N2O2S. The van der Waals surface area contributed by atoms with Gasteiger partial charge in [-0.3, -0.25) is 0 Å². The van der Waals surface area contributed by atoms with E-state index < -0.39 is 0 Å². The second-order valence-corrected chi connectivity index (χ2v) is 6.32. The van der Waals surface area contributed by atoms with Crippen molar-refractivity contribution in [1.29, 1.82) is 0 Å². The maximum atomic E-state index is 12.3.